The molecule has 6 heteroatoms. The lowest BCUT2D eigenvalue weighted by Gasteiger charge is -2.39. The van der Waals surface area contributed by atoms with Gasteiger partial charge in [-0.3, -0.25) is 4.79 Å². The minimum atomic E-state index is -0.239. The van der Waals surface area contributed by atoms with E-state index in [0.717, 1.165) is 44.8 Å². The van der Waals surface area contributed by atoms with Crippen LogP contribution in [0, 0.1) is 19.8 Å². The van der Waals surface area contributed by atoms with Gasteiger partial charge in [0, 0.05) is 35.7 Å². The quantitative estimate of drug-likeness (QED) is 0.395. The smallest absolute Gasteiger partial charge is 0.292 e. The summed E-state index contributed by atoms with van der Waals surface area (Å²) in [5.74, 6) is 0.797. The summed E-state index contributed by atoms with van der Waals surface area (Å²) in [6, 6.07) is 2.93. The Hall–Kier alpha value is -1.11. The maximum Gasteiger partial charge on any atom is 0.292 e. The Labute approximate surface area is 214 Å². The third-order valence-electron chi connectivity index (χ3n) is 6.46. The van der Waals surface area contributed by atoms with E-state index in [2.05, 4.69) is 43.5 Å². The molecule has 1 aromatic rings. The zero-order chi connectivity index (χ0) is 26.0. The summed E-state index contributed by atoms with van der Waals surface area (Å²) in [5.41, 5.74) is 1.40. The van der Waals surface area contributed by atoms with Crippen molar-refractivity contribution >= 4 is 23.5 Å². The van der Waals surface area contributed by atoms with Crippen LogP contribution < -0.4 is 4.90 Å². The zero-order valence-corrected chi connectivity index (χ0v) is 24.4. The fourth-order valence-electron chi connectivity index (χ4n) is 4.69. The van der Waals surface area contributed by atoms with Crippen LogP contribution in [-0.4, -0.2) is 45.7 Å². The lowest BCUT2D eigenvalue weighted by molar-refractivity contribution is -0.178. The zero-order valence-electron chi connectivity index (χ0n) is 23.6. The van der Waals surface area contributed by atoms with Gasteiger partial charge in [0.15, 0.2) is 5.79 Å². The van der Waals surface area contributed by atoms with Gasteiger partial charge in [-0.1, -0.05) is 66.7 Å². The fourth-order valence-corrected chi connectivity index (χ4v) is 5.65. The molecule has 0 unspecified atom stereocenters. The first-order valence-electron chi connectivity index (χ1n) is 13.4. The lowest BCUT2D eigenvalue weighted by Crippen LogP contribution is -2.43. The molecule has 1 saturated heterocycles. The monoisotopic (exact) mass is 499 g/mol. The first-order valence-corrected chi connectivity index (χ1v) is 14.3. The second-order valence-electron chi connectivity index (χ2n) is 8.82. The number of rotatable bonds is 3. The number of nitrogens with zero attached hydrogens (tertiary/aromatic N) is 1. The van der Waals surface area contributed by atoms with Crippen molar-refractivity contribution in [2.24, 2.45) is 5.92 Å². The number of thiophene rings is 1. The van der Waals surface area contributed by atoms with Gasteiger partial charge in [-0.25, -0.2) is 0 Å². The summed E-state index contributed by atoms with van der Waals surface area (Å²) < 4.78 is 15.5. The van der Waals surface area contributed by atoms with Gasteiger partial charge in [0.1, 0.15) is 0 Å². The van der Waals surface area contributed by atoms with Gasteiger partial charge in [0.05, 0.1) is 26.0 Å². The van der Waals surface area contributed by atoms with Crippen molar-refractivity contribution in [3.05, 3.63) is 15.8 Å². The van der Waals surface area contributed by atoms with Crippen molar-refractivity contribution in [1.82, 2.24) is 0 Å². The standard InChI is InChI=1S/C15H23NO2S.C7H14.C2H4O2.2C2H6/c1-11-10-14(12(2)19-11)16(3)13-4-6-15(7-5-13)17-8-9-18-15;1-7-5-3-2-4-6-7;1-4-2-3;2*1-2/h10,13H,4-9H2,1-3H3;7H,2-6H2,1H3;2H,1H3;2*1-2H3. The molecule has 0 atom stereocenters. The molecule has 2 heterocycles. The van der Waals surface area contributed by atoms with Gasteiger partial charge in [-0.2, -0.15) is 0 Å². The maximum absolute atomic E-state index is 8.95. The minimum absolute atomic E-state index is 0.239. The third-order valence-corrected chi connectivity index (χ3v) is 7.42. The summed E-state index contributed by atoms with van der Waals surface area (Å²) in [6.45, 7) is 16.7. The molecule has 2 aliphatic carbocycles. The van der Waals surface area contributed by atoms with Crippen LogP contribution in [0.5, 0.6) is 0 Å². The van der Waals surface area contributed by atoms with Crippen LogP contribution in [0.3, 0.4) is 0 Å². The normalized spacial score (nSPS) is 19.1. The first kappa shape index (κ1) is 32.9. The van der Waals surface area contributed by atoms with E-state index in [1.54, 1.807) is 0 Å². The minimum Gasteiger partial charge on any atom is -0.471 e. The Morgan fingerprint density at radius 2 is 1.50 bits per heavy atom. The molecule has 0 bridgehead atoms. The van der Waals surface area contributed by atoms with Gasteiger partial charge >= 0.3 is 0 Å². The van der Waals surface area contributed by atoms with Crippen molar-refractivity contribution in [2.75, 3.05) is 32.3 Å². The van der Waals surface area contributed by atoms with Gasteiger partial charge in [0.25, 0.3) is 6.47 Å². The van der Waals surface area contributed by atoms with Crippen molar-refractivity contribution in [2.45, 2.75) is 118 Å². The maximum atomic E-state index is 8.95. The van der Waals surface area contributed by atoms with Crippen molar-refractivity contribution in [3.8, 4) is 0 Å². The van der Waals surface area contributed by atoms with Gasteiger partial charge < -0.3 is 19.1 Å². The molecular formula is C28H53NO4S. The summed E-state index contributed by atoms with van der Waals surface area (Å²) in [6.07, 6.45) is 11.8. The van der Waals surface area contributed by atoms with E-state index in [1.807, 2.05) is 39.0 Å². The largest absolute Gasteiger partial charge is 0.471 e. The van der Waals surface area contributed by atoms with E-state index in [-0.39, 0.29) is 5.79 Å². The van der Waals surface area contributed by atoms with Gasteiger partial charge in [-0.15, -0.1) is 11.3 Å². The number of hydrogen-bond donors (Lipinski definition) is 0. The molecule has 1 aromatic heterocycles. The number of carbonyl (C=O) groups excluding carboxylic acids is 1. The van der Waals surface area contributed by atoms with E-state index in [4.69, 9.17) is 14.3 Å². The number of aryl methyl sites for hydroxylation is 2. The van der Waals surface area contributed by atoms with Crippen LogP contribution in [0.2, 0.25) is 0 Å². The summed E-state index contributed by atoms with van der Waals surface area (Å²) in [5, 5.41) is 0. The molecule has 3 aliphatic rings. The van der Waals surface area contributed by atoms with Crippen LogP contribution in [0.25, 0.3) is 0 Å². The molecule has 2 saturated carbocycles. The molecule has 4 rings (SSSR count). The van der Waals surface area contributed by atoms with Crippen LogP contribution in [-0.2, 0) is 19.0 Å². The lowest BCUT2D eigenvalue weighted by atomic mass is 9.89. The molecule has 3 fully saturated rings. The number of hydrogen-bond acceptors (Lipinski definition) is 6. The number of anilines is 1. The highest BCUT2D eigenvalue weighted by Gasteiger charge is 2.41. The third kappa shape index (κ3) is 11.5. The van der Waals surface area contributed by atoms with Gasteiger partial charge in [0.2, 0.25) is 0 Å². The molecule has 0 amide bonds. The molecule has 0 aromatic carbocycles. The average Bonchev–Trinajstić information content (AvgIpc) is 3.48. The second kappa shape index (κ2) is 19.1. The van der Waals surface area contributed by atoms with Gasteiger partial charge in [-0.05, 0) is 38.7 Å². The summed E-state index contributed by atoms with van der Waals surface area (Å²) in [7, 11) is 3.54. The van der Waals surface area contributed by atoms with Crippen LogP contribution in [0.15, 0.2) is 6.07 Å². The Balaban J connectivity index is 0.000000601. The fraction of sp³-hybridized carbons (Fsp3) is 0.821. The number of carbonyl (C=O) groups is 1. The molecule has 1 spiro atoms. The van der Waals surface area contributed by atoms with E-state index >= 15 is 0 Å². The van der Waals surface area contributed by atoms with E-state index in [0.29, 0.717) is 12.5 Å². The Kier molecular flexibility index (Phi) is 18.5. The molecule has 5 nitrogen and oxygen atoms in total. The van der Waals surface area contributed by atoms with Crippen molar-refractivity contribution < 1.29 is 19.0 Å². The number of methoxy groups -OCH3 is 1. The molecule has 34 heavy (non-hydrogen) atoms. The molecular weight excluding hydrogens is 446 g/mol. The second-order valence-corrected chi connectivity index (χ2v) is 10.3. The van der Waals surface area contributed by atoms with Crippen LogP contribution >= 0.6 is 11.3 Å². The number of ether oxygens (including phenoxy) is 3. The van der Waals surface area contributed by atoms with Crippen molar-refractivity contribution in [3.63, 3.8) is 0 Å². The van der Waals surface area contributed by atoms with E-state index in [1.165, 1.54) is 54.7 Å². The Morgan fingerprint density at radius 3 is 1.85 bits per heavy atom. The molecule has 0 N–H and O–H groups in total. The average molecular weight is 500 g/mol. The Morgan fingerprint density at radius 1 is 1.00 bits per heavy atom. The van der Waals surface area contributed by atoms with E-state index < -0.39 is 0 Å². The van der Waals surface area contributed by atoms with E-state index in [9.17, 15) is 0 Å². The molecule has 0 radical (unpaired) electrons. The molecule has 200 valence electrons. The first-order chi connectivity index (χ1) is 16.4. The predicted molar refractivity (Wildman–Crippen MR) is 147 cm³/mol. The highest BCUT2D eigenvalue weighted by molar-refractivity contribution is 7.12. The highest BCUT2D eigenvalue weighted by atomic mass is 32.1. The SMILES string of the molecule is CC.CC.CC1CCCCC1.COC=O.Cc1cc(N(C)C2CCC3(CC2)OCCO3)c(C)s1. The summed E-state index contributed by atoms with van der Waals surface area (Å²) >= 11 is 1.89. The topological polar surface area (TPSA) is 48.0 Å². The van der Waals surface area contributed by atoms with Crippen LogP contribution in [0.1, 0.15) is 102 Å². The molecule has 1 aliphatic heterocycles. The summed E-state index contributed by atoms with van der Waals surface area (Å²) in [4.78, 5) is 14.2. The highest BCUT2D eigenvalue weighted by Crippen LogP contribution is 2.39. The Bertz CT molecular complexity index is 612. The predicted octanol–water partition coefficient (Wildman–Crippen LogP) is 7.92. The van der Waals surface area contributed by atoms with Crippen LogP contribution in [0.4, 0.5) is 5.69 Å². The van der Waals surface area contributed by atoms with Crippen molar-refractivity contribution in [1.29, 1.82) is 0 Å².